The number of amides is 1. The first-order chi connectivity index (χ1) is 13.7. The van der Waals surface area contributed by atoms with Crippen molar-refractivity contribution in [1.82, 2.24) is 19.0 Å². The van der Waals surface area contributed by atoms with E-state index < -0.39 is 10.0 Å². The molecule has 2 heterocycles. The van der Waals surface area contributed by atoms with Crippen molar-refractivity contribution < 1.29 is 17.9 Å². The molecule has 2 aromatic rings. The Balaban J connectivity index is 1.74. The standard InChI is InChI=1S/C20H28N4O4S/c1-14(2)24-16(4)19(15(3)21-24)29(26,27)23-12-10-22(11-13-23)20(25)17-6-8-18(28-5)9-7-17/h6-9,14H,10-13H2,1-5H3. The van der Waals surface area contributed by atoms with E-state index in [0.29, 0.717) is 35.8 Å². The van der Waals surface area contributed by atoms with Crippen LogP contribution in [0.3, 0.4) is 0 Å². The number of methoxy groups -OCH3 is 1. The summed E-state index contributed by atoms with van der Waals surface area (Å²) in [5.41, 5.74) is 1.72. The van der Waals surface area contributed by atoms with Gasteiger partial charge in [0, 0.05) is 37.8 Å². The van der Waals surface area contributed by atoms with Gasteiger partial charge in [0.25, 0.3) is 5.91 Å². The Morgan fingerprint density at radius 3 is 2.14 bits per heavy atom. The van der Waals surface area contributed by atoms with Crippen molar-refractivity contribution in [3.63, 3.8) is 0 Å². The first-order valence-electron chi connectivity index (χ1n) is 9.66. The van der Waals surface area contributed by atoms with Gasteiger partial charge >= 0.3 is 0 Å². The fraction of sp³-hybridized carbons (Fsp3) is 0.500. The smallest absolute Gasteiger partial charge is 0.253 e. The van der Waals surface area contributed by atoms with E-state index in [1.807, 2.05) is 13.8 Å². The molecule has 0 bridgehead atoms. The third-order valence-corrected chi connectivity index (χ3v) is 7.36. The summed E-state index contributed by atoms with van der Waals surface area (Å²) in [6, 6.07) is 7.00. The number of sulfonamides is 1. The molecule has 1 saturated heterocycles. The average molecular weight is 421 g/mol. The second-order valence-electron chi connectivity index (χ2n) is 7.46. The number of hydrogen-bond acceptors (Lipinski definition) is 5. The zero-order valence-electron chi connectivity index (χ0n) is 17.5. The summed E-state index contributed by atoms with van der Waals surface area (Å²) in [7, 11) is -2.09. The van der Waals surface area contributed by atoms with Gasteiger partial charge in [-0.05, 0) is 52.0 Å². The van der Waals surface area contributed by atoms with Crippen molar-refractivity contribution in [2.45, 2.75) is 38.6 Å². The monoisotopic (exact) mass is 420 g/mol. The quantitative estimate of drug-likeness (QED) is 0.741. The van der Waals surface area contributed by atoms with E-state index in [4.69, 9.17) is 4.74 Å². The molecule has 1 aromatic carbocycles. The highest BCUT2D eigenvalue weighted by atomic mass is 32.2. The Morgan fingerprint density at radius 2 is 1.66 bits per heavy atom. The van der Waals surface area contributed by atoms with Crippen LogP contribution >= 0.6 is 0 Å². The predicted octanol–water partition coefficient (Wildman–Crippen LogP) is 2.24. The molecule has 0 saturated carbocycles. The number of hydrogen-bond donors (Lipinski definition) is 0. The van der Waals surface area contributed by atoms with Crippen LogP contribution in [0, 0.1) is 13.8 Å². The highest BCUT2D eigenvalue weighted by Crippen LogP contribution is 2.26. The number of carbonyl (C=O) groups excluding carboxylic acids is 1. The van der Waals surface area contributed by atoms with Gasteiger partial charge in [0.1, 0.15) is 10.6 Å². The van der Waals surface area contributed by atoms with Crippen molar-refractivity contribution in [1.29, 1.82) is 0 Å². The van der Waals surface area contributed by atoms with Crippen LogP contribution in [0.1, 0.15) is 41.6 Å². The summed E-state index contributed by atoms with van der Waals surface area (Å²) in [6.07, 6.45) is 0. The van der Waals surface area contributed by atoms with Crippen LogP contribution in [0.15, 0.2) is 29.2 Å². The molecule has 1 amide bonds. The summed E-state index contributed by atoms with van der Waals surface area (Å²) in [5.74, 6) is 0.579. The predicted molar refractivity (Wildman–Crippen MR) is 110 cm³/mol. The van der Waals surface area contributed by atoms with E-state index in [9.17, 15) is 13.2 Å². The maximum Gasteiger partial charge on any atom is 0.253 e. The molecule has 0 aliphatic carbocycles. The van der Waals surface area contributed by atoms with Crippen molar-refractivity contribution in [2.75, 3.05) is 33.3 Å². The summed E-state index contributed by atoms with van der Waals surface area (Å²) >= 11 is 0. The van der Waals surface area contributed by atoms with Crippen molar-refractivity contribution >= 4 is 15.9 Å². The van der Waals surface area contributed by atoms with Crippen molar-refractivity contribution in [2.24, 2.45) is 0 Å². The fourth-order valence-corrected chi connectivity index (χ4v) is 5.48. The first-order valence-corrected chi connectivity index (χ1v) is 11.1. The van der Waals surface area contributed by atoms with Crippen LogP contribution < -0.4 is 4.74 Å². The van der Waals surface area contributed by atoms with Crippen LogP contribution in [0.25, 0.3) is 0 Å². The number of aryl methyl sites for hydroxylation is 1. The van der Waals surface area contributed by atoms with Crippen LogP contribution in [-0.4, -0.2) is 66.6 Å². The highest BCUT2D eigenvalue weighted by Gasteiger charge is 2.34. The zero-order chi connectivity index (χ0) is 21.3. The van der Waals surface area contributed by atoms with Gasteiger partial charge in [0.2, 0.25) is 10.0 Å². The summed E-state index contributed by atoms with van der Waals surface area (Å²) < 4.78 is 34.8. The summed E-state index contributed by atoms with van der Waals surface area (Å²) in [4.78, 5) is 14.7. The average Bonchev–Trinajstić information content (AvgIpc) is 3.02. The molecule has 0 spiro atoms. The lowest BCUT2D eigenvalue weighted by Crippen LogP contribution is -2.50. The van der Waals surface area contributed by atoms with E-state index in [-0.39, 0.29) is 29.9 Å². The molecule has 0 unspecified atom stereocenters. The Kier molecular flexibility index (Phi) is 6.00. The van der Waals surface area contributed by atoms with Gasteiger partial charge in [0.05, 0.1) is 18.5 Å². The molecule has 29 heavy (non-hydrogen) atoms. The first kappa shape index (κ1) is 21.3. The van der Waals surface area contributed by atoms with Gasteiger partial charge in [-0.1, -0.05) is 0 Å². The maximum absolute atomic E-state index is 13.2. The third kappa shape index (κ3) is 4.02. The Morgan fingerprint density at radius 1 is 1.07 bits per heavy atom. The Bertz CT molecular complexity index is 988. The van der Waals surface area contributed by atoms with Gasteiger partial charge < -0.3 is 9.64 Å². The molecule has 0 radical (unpaired) electrons. The Hall–Kier alpha value is -2.39. The van der Waals surface area contributed by atoms with E-state index >= 15 is 0 Å². The maximum atomic E-state index is 13.2. The molecule has 1 fully saturated rings. The Labute approximate surface area is 172 Å². The molecule has 0 N–H and O–H groups in total. The van der Waals surface area contributed by atoms with Crippen molar-refractivity contribution in [3.05, 3.63) is 41.2 Å². The molecular formula is C20H28N4O4S. The van der Waals surface area contributed by atoms with E-state index in [2.05, 4.69) is 5.10 Å². The van der Waals surface area contributed by atoms with E-state index in [1.165, 1.54) is 4.31 Å². The number of benzene rings is 1. The minimum Gasteiger partial charge on any atom is -0.497 e. The van der Waals surface area contributed by atoms with Crippen LogP contribution in [0.5, 0.6) is 5.75 Å². The third-order valence-electron chi connectivity index (χ3n) is 5.21. The number of ether oxygens (including phenoxy) is 1. The lowest BCUT2D eigenvalue weighted by atomic mass is 10.2. The second kappa shape index (κ2) is 8.16. The lowest BCUT2D eigenvalue weighted by Gasteiger charge is -2.34. The van der Waals surface area contributed by atoms with Gasteiger partial charge in [0.15, 0.2) is 0 Å². The summed E-state index contributed by atoms with van der Waals surface area (Å²) in [6.45, 7) is 8.67. The van der Waals surface area contributed by atoms with E-state index in [1.54, 1.807) is 54.8 Å². The minimum absolute atomic E-state index is 0.0802. The van der Waals surface area contributed by atoms with Gasteiger partial charge in [-0.3, -0.25) is 9.48 Å². The molecule has 1 aliphatic rings. The lowest BCUT2D eigenvalue weighted by molar-refractivity contribution is 0.0698. The van der Waals surface area contributed by atoms with Crippen molar-refractivity contribution in [3.8, 4) is 5.75 Å². The summed E-state index contributed by atoms with van der Waals surface area (Å²) in [5, 5.41) is 4.40. The zero-order valence-corrected chi connectivity index (χ0v) is 18.4. The second-order valence-corrected chi connectivity index (χ2v) is 9.34. The number of aromatic nitrogens is 2. The SMILES string of the molecule is COc1ccc(C(=O)N2CCN(S(=O)(=O)c3c(C)nn(C(C)C)c3C)CC2)cc1. The van der Waals surface area contributed by atoms with Gasteiger partial charge in [-0.2, -0.15) is 9.40 Å². The molecule has 3 rings (SSSR count). The molecule has 0 atom stereocenters. The fourth-order valence-electron chi connectivity index (χ4n) is 3.70. The minimum atomic E-state index is -3.66. The molecule has 8 nitrogen and oxygen atoms in total. The molecule has 9 heteroatoms. The van der Waals surface area contributed by atoms with Crippen LogP contribution in [-0.2, 0) is 10.0 Å². The number of rotatable bonds is 5. The number of nitrogens with zero attached hydrogens (tertiary/aromatic N) is 4. The highest BCUT2D eigenvalue weighted by molar-refractivity contribution is 7.89. The van der Waals surface area contributed by atoms with Crippen LogP contribution in [0.2, 0.25) is 0 Å². The molecule has 1 aliphatic heterocycles. The van der Waals surface area contributed by atoms with E-state index in [0.717, 1.165) is 0 Å². The van der Waals surface area contributed by atoms with Gasteiger partial charge in [-0.15, -0.1) is 0 Å². The van der Waals surface area contributed by atoms with Gasteiger partial charge in [-0.25, -0.2) is 8.42 Å². The molecule has 158 valence electrons. The van der Waals surface area contributed by atoms with Crippen LogP contribution in [0.4, 0.5) is 0 Å². The topological polar surface area (TPSA) is 84.7 Å². The molecule has 1 aromatic heterocycles. The molecular weight excluding hydrogens is 392 g/mol. The largest absolute Gasteiger partial charge is 0.497 e. The normalized spacial score (nSPS) is 15.7. The number of carbonyl (C=O) groups is 1. The number of piperazine rings is 1.